The number of nitrogens with zero attached hydrogens (tertiary/aromatic N) is 2. The Morgan fingerprint density at radius 1 is 1.03 bits per heavy atom. The minimum atomic E-state index is -0.534. The third-order valence-electron chi connectivity index (χ3n) is 5.94. The van der Waals surface area contributed by atoms with Gasteiger partial charge in [0.25, 0.3) is 0 Å². The van der Waals surface area contributed by atoms with Crippen LogP contribution in [0.15, 0.2) is 65.9 Å². The Morgan fingerprint density at radius 3 is 2.38 bits per heavy atom. The van der Waals surface area contributed by atoms with Gasteiger partial charge in [-0.05, 0) is 31.5 Å². The van der Waals surface area contributed by atoms with Crippen molar-refractivity contribution in [2.75, 3.05) is 44.2 Å². The van der Waals surface area contributed by atoms with Crippen molar-refractivity contribution in [3.8, 4) is 0 Å². The van der Waals surface area contributed by atoms with Crippen LogP contribution in [0.4, 0.5) is 10.5 Å². The first kappa shape index (κ1) is 21.9. The number of hydrogen-bond donors (Lipinski definition) is 2. The fourth-order valence-corrected chi connectivity index (χ4v) is 4.23. The van der Waals surface area contributed by atoms with Crippen molar-refractivity contribution >= 4 is 17.7 Å². The molecule has 1 saturated heterocycles. The molecule has 0 radical (unpaired) electrons. The number of nitrogens with one attached hydrogen (secondary N) is 2. The van der Waals surface area contributed by atoms with Crippen molar-refractivity contribution in [2.24, 2.45) is 0 Å². The van der Waals surface area contributed by atoms with Gasteiger partial charge in [-0.1, -0.05) is 48.0 Å². The molecule has 2 N–H and O–H groups in total. The molecule has 7 nitrogen and oxygen atoms in total. The van der Waals surface area contributed by atoms with Crippen LogP contribution in [-0.4, -0.2) is 56.2 Å². The third kappa shape index (κ3) is 4.94. The van der Waals surface area contributed by atoms with Gasteiger partial charge in [-0.25, -0.2) is 9.59 Å². The molecule has 0 spiro atoms. The van der Waals surface area contributed by atoms with Gasteiger partial charge in [-0.15, -0.1) is 0 Å². The summed E-state index contributed by atoms with van der Waals surface area (Å²) in [5.41, 5.74) is 4.41. The number of rotatable bonds is 6. The van der Waals surface area contributed by atoms with E-state index in [-0.39, 0.29) is 12.6 Å². The zero-order valence-corrected chi connectivity index (χ0v) is 18.6. The van der Waals surface area contributed by atoms with Gasteiger partial charge in [-0.3, -0.25) is 4.90 Å². The Kier molecular flexibility index (Phi) is 6.75. The molecule has 2 heterocycles. The zero-order valence-electron chi connectivity index (χ0n) is 18.6. The number of amides is 2. The number of aryl methyl sites for hydroxylation is 1. The van der Waals surface area contributed by atoms with Crippen LogP contribution in [0, 0.1) is 6.92 Å². The summed E-state index contributed by atoms with van der Waals surface area (Å²) >= 11 is 0. The largest absolute Gasteiger partial charge is 0.463 e. The van der Waals surface area contributed by atoms with E-state index in [9.17, 15) is 9.59 Å². The van der Waals surface area contributed by atoms with Gasteiger partial charge in [-0.2, -0.15) is 0 Å². The second kappa shape index (κ2) is 9.87. The van der Waals surface area contributed by atoms with Crippen LogP contribution in [0.2, 0.25) is 0 Å². The Bertz CT molecular complexity index is 980. The van der Waals surface area contributed by atoms with E-state index >= 15 is 0 Å². The normalized spacial score (nSPS) is 19.4. The van der Waals surface area contributed by atoms with Crippen LogP contribution < -0.4 is 15.5 Å². The molecule has 1 atom stereocenters. The number of hydrogen-bond acceptors (Lipinski definition) is 5. The molecule has 1 fully saturated rings. The highest BCUT2D eigenvalue weighted by molar-refractivity contribution is 5.95. The number of anilines is 1. The summed E-state index contributed by atoms with van der Waals surface area (Å²) in [6.07, 6.45) is 0. The molecular weight excluding hydrogens is 404 g/mol. The van der Waals surface area contributed by atoms with Crippen molar-refractivity contribution < 1.29 is 14.3 Å². The molecule has 2 amide bonds. The lowest BCUT2D eigenvalue weighted by atomic mass is 9.95. The van der Waals surface area contributed by atoms with E-state index in [0.29, 0.717) is 17.8 Å². The first-order chi connectivity index (χ1) is 15.5. The monoisotopic (exact) mass is 434 g/mol. The molecule has 2 aromatic rings. The highest BCUT2D eigenvalue weighted by atomic mass is 16.5. The number of piperazine rings is 1. The number of urea groups is 1. The summed E-state index contributed by atoms with van der Waals surface area (Å²) in [7, 11) is 0. The summed E-state index contributed by atoms with van der Waals surface area (Å²) in [4.78, 5) is 30.0. The summed E-state index contributed by atoms with van der Waals surface area (Å²) in [6, 6.07) is 17.3. The topological polar surface area (TPSA) is 73.9 Å². The van der Waals surface area contributed by atoms with E-state index in [0.717, 1.165) is 31.7 Å². The van der Waals surface area contributed by atoms with Gasteiger partial charge in [0.2, 0.25) is 0 Å². The maximum atomic E-state index is 12.9. The van der Waals surface area contributed by atoms with E-state index in [2.05, 4.69) is 51.6 Å². The minimum absolute atomic E-state index is 0.278. The number of benzene rings is 2. The summed E-state index contributed by atoms with van der Waals surface area (Å²) in [6.45, 7) is 8.10. The molecular formula is C25H30N4O3. The summed E-state index contributed by atoms with van der Waals surface area (Å²) < 4.78 is 5.36. The average Bonchev–Trinajstić information content (AvgIpc) is 2.80. The molecule has 4 rings (SSSR count). The van der Waals surface area contributed by atoms with Gasteiger partial charge in [0.1, 0.15) is 0 Å². The molecule has 32 heavy (non-hydrogen) atoms. The average molecular weight is 435 g/mol. The van der Waals surface area contributed by atoms with E-state index in [1.54, 1.807) is 6.92 Å². The Balaban J connectivity index is 1.53. The first-order valence-corrected chi connectivity index (χ1v) is 11.1. The maximum absolute atomic E-state index is 12.9. The molecule has 2 aromatic carbocycles. The van der Waals surface area contributed by atoms with Crippen LogP contribution in [0.1, 0.15) is 24.1 Å². The molecule has 0 aromatic heterocycles. The molecule has 0 unspecified atom stereocenters. The number of carbonyl (C=O) groups excluding carboxylic acids is 2. The first-order valence-electron chi connectivity index (χ1n) is 11.1. The smallest absolute Gasteiger partial charge is 0.338 e. The van der Waals surface area contributed by atoms with E-state index in [4.69, 9.17) is 4.74 Å². The van der Waals surface area contributed by atoms with Crippen molar-refractivity contribution in [3.05, 3.63) is 77.0 Å². The van der Waals surface area contributed by atoms with E-state index in [1.165, 1.54) is 11.3 Å². The van der Waals surface area contributed by atoms with E-state index < -0.39 is 12.0 Å². The molecule has 0 bridgehead atoms. The summed E-state index contributed by atoms with van der Waals surface area (Å²) in [5, 5.41) is 5.76. The molecule has 2 aliphatic rings. The maximum Gasteiger partial charge on any atom is 0.338 e. The second-order valence-corrected chi connectivity index (χ2v) is 8.15. The number of carbonyl (C=O) groups is 2. The lowest BCUT2D eigenvalue weighted by Gasteiger charge is -2.38. The second-order valence-electron chi connectivity index (χ2n) is 8.15. The van der Waals surface area contributed by atoms with Gasteiger partial charge < -0.3 is 20.3 Å². The SMILES string of the molecule is CCOC(=O)C1=C(CN2CCN(c3ccc(C)cc3)CC2)NC(=O)N[C@@H]1c1ccccc1. The molecule has 0 saturated carbocycles. The molecule has 168 valence electrons. The predicted octanol–water partition coefficient (Wildman–Crippen LogP) is 2.99. The van der Waals surface area contributed by atoms with Crippen molar-refractivity contribution in [2.45, 2.75) is 19.9 Å². The molecule has 0 aliphatic carbocycles. The van der Waals surface area contributed by atoms with Crippen molar-refractivity contribution in [1.29, 1.82) is 0 Å². The number of ether oxygens (including phenoxy) is 1. The molecule has 2 aliphatic heterocycles. The van der Waals surface area contributed by atoms with Crippen LogP contribution >= 0.6 is 0 Å². The molecule has 7 heteroatoms. The standard InChI is InChI=1S/C25H30N4O3/c1-3-32-24(30)22-21(26-25(31)27-23(22)19-7-5-4-6-8-19)17-28-13-15-29(16-14-28)20-11-9-18(2)10-12-20/h4-12,23H,3,13-17H2,1-2H3,(H2,26,27,31)/t23-/m1/s1. The Hall–Kier alpha value is -3.32. The minimum Gasteiger partial charge on any atom is -0.463 e. The quantitative estimate of drug-likeness (QED) is 0.684. The van der Waals surface area contributed by atoms with Crippen molar-refractivity contribution in [3.63, 3.8) is 0 Å². The summed E-state index contributed by atoms with van der Waals surface area (Å²) in [5.74, 6) is -0.401. The lowest BCUT2D eigenvalue weighted by molar-refractivity contribution is -0.139. The Morgan fingerprint density at radius 2 is 1.72 bits per heavy atom. The fourth-order valence-electron chi connectivity index (χ4n) is 4.23. The highest BCUT2D eigenvalue weighted by Crippen LogP contribution is 2.28. The van der Waals surface area contributed by atoms with E-state index in [1.807, 2.05) is 30.3 Å². The van der Waals surface area contributed by atoms with Crippen LogP contribution in [-0.2, 0) is 9.53 Å². The lowest BCUT2D eigenvalue weighted by Crippen LogP contribution is -2.51. The zero-order chi connectivity index (χ0) is 22.5. The third-order valence-corrected chi connectivity index (χ3v) is 5.94. The van der Waals surface area contributed by atoms with Gasteiger partial charge >= 0.3 is 12.0 Å². The highest BCUT2D eigenvalue weighted by Gasteiger charge is 2.34. The van der Waals surface area contributed by atoms with Crippen LogP contribution in [0.3, 0.4) is 0 Å². The number of esters is 1. The predicted molar refractivity (Wildman–Crippen MR) is 124 cm³/mol. The van der Waals surface area contributed by atoms with Gasteiger partial charge in [0, 0.05) is 44.1 Å². The van der Waals surface area contributed by atoms with Gasteiger partial charge in [0.05, 0.1) is 18.2 Å². The van der Waals surface area contributed by atoms with Gasteiger partial charge in [0.15, 0.2) is 0 Å². The van der Waals surface area contributed by atoms with Crippen LogP contribution in [0.25, 0.3) is 0 Å². The van der Waals surface area contributed by atoms with Crippen molar-refractivity contribution in [1.82, 2.24) is 15.5 Å². The van der Waals surface area contributed by atoms with Crippen LogP contribution in [0.5, 0.6) is 0 Å². The fraction of sp³-hybridized carbons (Fsp3) is 0.360. The Labute approximate surface area is 189 Å².